The average Bonchev–Trinajstić information content (AvgIpc) is 2.56. The molecule has 1 aromatic rings. The molecule has 0 atom stereocenters. The molecule has 0 spiro atoms. The number of rotatable bonds is 5. The quantitative estimate of drug-likeness (QED) is 0.490. The molecule has 0 amide bonds. The van der Waals surface area contributed by atoms with Gasteiger partial charge in [0.25, 0.3) is 0 Å². The Bertz CT molecular complexity index is 434. The van der Waals surface area contributed by atoms with Gasteiger partial charge in [-0.25, -0.2) is 0 Å². The second kappa shape index (κ2) is 17.1. The van der Waals surface area contributed by atoms with Crippen molar-refractivity contribution in [2.24, 2.45) is 4.99 Å². The van der Waals surface area contributed by atoms with Gasteiger partial charge in [-0.1, -0.05) is 38.1 Å². The van der Waals surface area contributed by atoms with E-state index in [9.17, 15) is 0 Å². The molecule has 0 bridgehead atoms. The summed E-state index contributed by atoms with van der Waals surface area (Å²) in [5, 5.41) is 14.2. The molecular weight excluding hydrogens is 278 g/mol. The summed E-state index contributed by atoms with van der Waals surface area (Å²) in [6.45, 7) is 9.95. The molecule has 0 fully saturated rings. The number of aliphatic imine (C=N–C) groups is 1. The van der Waals surface area contributed by atoms with Crippen LogP contribution in [0.15, 0.2) is 47.2 Å². The third-order valence-electron chi connectivity index (χ3n) is 2.16. The number of aliphatic hydroxyl groups is 2. The summed E-state index contributed by atoms with van der Waals surface area (Å²) in [7, 11) is 0. The van der Waals surface area contributed by atoms with Crippen LogP contribution < -0.4 is 4.74 Å². The summed E-state index contributed by atoms with van der Waals surface area (Å²) in [5.41, 5.74) is 1.17. The van der Waals surface area contributed by atoms with Crippen LogP contribution in [-0.4, -0.2) is 29.8 Å². The van der Waals surface area contributed by atoms with Crippen LogP contribution in [0.25, 0.3) is 6.08 Å². The average molecular weight is 307 g/mol. The van der Waals surface area contributed by atoms with Crippen LogP contribution in [0.2, 0.25) is 0 Å². The predicted octanol–water partition coefficient (Wildman–Crippen LogP) is 4.05. The summed E-state index contributed by atoms with van der Waals surface area (Å²) in [6.07, 6.45) is 7.72. The molecule has 0 saturated heterocycles. The third-order valence-corrected chi connectivity index (χ3v) is 2.16. The van der Waals surface area contributed by atoms with Crippen LogP contribution in [0.1, 0.15) is 40.2 Å². The Morgan fingerprint density at radius 3 is 2.09 bits per heavy atom. The minimum absolute atomic E-state index is 0.750. The molecule has 1 rings (SSSR count). The molecule has 0 aliphatic rings. The first-order chi connectivity index (χ1) is 10.7. The van der Waals surface area contributed by atoms with E-state index in [1.165, 1.54) is 5.56 Å². The van der Waals surface area contributed by atoms with E-state index in [2.05, 4.69) is 11.1 Å². The van der Waals surface area contributed by atoms with Gasteiger partial charge < -0.3 is 14.9 Å². The van der Waals surface area contributed by atoms with Gasteiger partial charge in [0.05, 0.1) is 6.21 Å². The molecule has 0 unspecified atom stereocenters. The lowest BCUT2D eigenvalue weighted by atomic mass is 10.2. The molecule has 1 aromatic carbocycles. The van der Waals surface area contributed by atoms with Crippen molar-refractivity contribution in [3.63, 3.8) is 0 Å². The zero-order valence-corrected chi connectivity index (χ0v) is 14.3. The summed E-state index contributed by atoms with van der Waals surface area (Å²) in [4.78, 5) is 4.16. The highest BCUT2D eigenvalue weighted by atomic mass is 16.5. The zero-order valence-electron chi connectivity index (χ0n) is 14.3. The van der Waals surface area contributed by atoms with E-state index in [4.69, 9.17) is 14.9 Å². The van der Waals surface area contributed by atoms with Crippen molar-refractivity contribution in [3.05, 3.63) is 47.7 Å². The fraction of sp³-hybridized carbons (Fsp3) is 0.389. The smallest absolute Gasteiger partial charge is 0.140 e. The minimum atomic E-state index is -0.750. The van der Waals surface area contributed by atoms with Gasteiger partial charge in [0.2, 0.25) is 0 Å². The van der Waals surface area contributed by atoms with Crippen LogP contribution >= 0.6 is 0 Å². The Labute approximate surface area is 134 Å². The fourth-order valence-electron chi connectivity index (χ4n) is 1.32. The van der Waals surface area contributed by atoms with E-state index in [-0.39, 0.29) is 0 Å². The molecule has 2 N–H and O–H groups in total. The Morgan fingerprint density at radius 2 is 1.68 bits per heavy atom. The van der Waals surface area contributed by atoms with Gasteiger partial charge >= 0.3 is 0 Å². The van der Waals surface area contributed by atoms with Gasteiger partial charge in [-0.2, -0.15) is 0 Å². The number of aliphatic hydroxyl groups excluding tert-OH is 1. The lowest BCUT2D eigenvalue weighted by Crippen LogP contribution is -1.96. The van der Waals surface area contributed by atoms with Crippen molar-refractivity contribution in [3.8, 4) is 5.75 Å². The predicted molar refractivity (Wildman–Crippen MR) is 95.2 cm³/mol. The van der Waals surface area contributed by atoms with Crippen molar-refractivity contribution >= 4 is 12.3 Å². The molecule has 0 aliphatic heterocycles. The monoisotopic (exact) mass is 307 g/mol. The van der Waals surface area contributed by atoms with Gasteiger partial charge in [0.15, 0.2) is 0 Å². The first-order valence-corrected chi connectivity index (χ1v) is 7.50. The topological polar surface area (TPSA) is 62.0 Å². The van der Waals surface area contributed by atoms with Gasteiger partial charge in [-0.05, 0) is 44.5 Å². The first kappa shape index (κ1) is 22.4. The molecular formula is C18H29NO3. The number of hydrogen-bond acceptors (Lipinski definition) is 4. The van der Waals surface area contributed by atoms with E-state index in [1.807, 2.05) is 71.0 Å². The molecule has 0 radical (unpaired) electrons. The molecule has 124 valence electrons. The van der Waals surface area contributed by atoms with Crippen LogP contribution in [0.5, 0.6) is 5.75 Å². The Kier molecular flexibility index (Phi) is 17.4. The first-order valence-electron chi connectivity index (χ1n) is 7.50. The highest BCUT2D eigenvalue weighted by Crippen LogP contribution is 2.15. The maximum atomic E-state index is 7.12. The van der Waals surface area contributed by atoms with Gasteiger partial charge in [-0.3, -0.25) is 4.99 Å². The lowest BCUT2D eigenvalue weighted by molar-refractivity contribution is 0.0773. The highest BCUT2D eigenvalue weighted by molar-refractivity contribution is 5.76. The van der Waals surface area contributed by atoms with E-state index < -0.39 is 6.79 Å². The van der Waals surface area contributed by atoms with Crippen molar-refractivity contribution in [2.75, 3.05) is 13.3 Å². The van der Waals surface area contributed by atoms with Crippen molar-refractivity contribution < 1.29 is 14.9 Å². The number of nitrogens with zero attached hydrogens (tertiary/aromatic N) is 1. The lowest BCUT2D eigenvalue weighted by Gasteiger charge is -2.05. The van der Waals surface area contributed by atoms with Crippen molar-refractivity contribution in [1.82, 2.24) is 0 Å². The minimum Gasteiger partial charge on any atom is -0.456 e. The summed E-state index contributed by atoms with van der Waals surface area (Å²) in [6, 6.07) is 7.97. The number of benzene rings is 1. The molecule has 0 heterocycles. The van der Waals surface area contributed by atoms with E-state index in [0.29, 0.717) is 0 Å². The second-order valence-electron chi connectivity index (χ2n) is 3.63. The van der Waals surface area contributed by atoms with Crippen molar-refractivity contribution in [2.45, 2.75) is 34.6 Å². The van der Waals surface area contributed by atoms with Crippen LogP contribution in [0.4, 0.5) is 0 Å². The van der Waals surface area contributed by atoms with Crippen LogP contribution in [0.3, 0.4) is 0 Å². The fourth-order valence-corrected chi connectivity index (χ4v) is 1.32. The normalized spacial score (nSPS) is 10.8. The van der Waals surface area contributed by atoms with Gasteiger partial charge in [-0.15, -0.1) is 0 Å². The molecule has 4 nitrogen and oxygen atoms in total. The van der Waals surface area contributed by atoms with Crippen molar-refractivity contribution in [1.29, 1.82) is 0 Å². The standard InChI is InChI=1S/C15H19NO.C2H6.CH4O2/c1-4-7-13-8-10-15(11-9-13)17-14(5-2)12-16-6-3;1-2;2-1-3/h4-5,7-12H,6H2,1-3H3;1-2H3;2-3H,1H2/b7-4+,14-5+,16-12?;;. The van der Waals surface area contributed by atoms with Gasteiger partial charge in [0, 0.05) is 6.54 Å². The van der Waals surface area contributed by atoms with E-state index >= 15 is 0 Å². The Morgan fingerprint density at radius 1 is 1.14 bits per heavy atom. The highest BCUT2D eigenvalue weighted by Gasteiger charge is 1.96. The summed E-state index contributed by atoms with van der Waals surface area (Å²) in [5.74, 6) is 1.60. The molecule has 22 heavy (non-hydrogen) atoms. The largest absolute Gasteiger partial charge is 0.456 e. The molecule has 0 saturated carbocycles. The maximum Gasteiger partial charge on any atom is 0.140 e. The Balaban J connectivity index is 0. The SMILES string of the molecule is C/C=C/c1ccc(O/C(C=NCC)=C/C)cc1.CC.OCO. The molecule has 0 aliphatic carbocycles. The van der Waals surface area contributed by atoms with Crippen LogP contribution in [-0.2, 0) is 0 Å². The van der Waals surface area contributed by atoms with Gasteiger partial charge in [0.1, 0.15) is 18.3 Å². The maximum absolute atomic E-state index is 7.12. The summed E-state index contributed by atoms with van der Waals surface area (Å²) >= 11 is 0. The number of ether oxygens (including phenoxy) is 1. The van der Waals surface area contributed by atoms with E-state index in [0.717, 1.165) is 18.1 Å². The van der Waals surface area contributed by atoms with E-state index in [1.54, 1.807) is 6.21 Å². The van der Waals surface area contributed by atoms with Crippen LogP contribution in [0, 0.1) is 0 Å². The number of allylic oxidation sites excluding steroid dienone is 3. The number of hydrogen-bond donors (Lipinski definition) is 2. The molecule has 0 aromatic heterocycles. The Hall–Kier alpha value is -1.91. The molecule has 4 heteroatoms. The summed E-state index contributed by atoms with van der Waals surface area (Å²) < 4.78 is 5.69. The second-order valence-corrected chi connectivity index (χ2v) is 3.63. The third kappa shape index (κ3) is 11.9. The zero-order chi connectivity index (χ0) is 17.2.